The summed E-state index contributed by atoms with van der Waals surface area (Å²) in [5, 5.41) is 0. The van der Waals surface area contributed by atoms with Crippen LogP contribution >= 0.6 is 24.0 Å². The van der Waals surface area contributed by atoms with Gasteiger partial charge in [-0.3, -0.25) is 0 Å². The predicted molar refractivity (Wildman–Crippen MR) is 80.7 cm³/mol. The quantitative estimate of drug-likeness (QED) is 0.617. The van der Waals surface area contributed by atoms with E-state index < -0.39 is 5.76 Å². The van der Waals surface area contributed by atoms with Gasteiger partial charge in [0.05, 0.1) is 12.0 Å². The first-order valence-electron chi connectivity index (χ1n) is 6.23. The van der Waals surface area contributed by atoms with Crippen LogP contribution in [0.15, 0.2) is 35.5 Å². The summed E-state index contributed by atoms with van der Waals surface area (Å²) in [4.78, 5) is 7.75. The zero-order valence-electron chi connectivity index (χ0n) is 10.9. The smallest absolute Gasteiger partial charge is 0.288 e. The van der Waals surface area contributed by atoms with Gasteiger partial charge in [-0.05, 0) is 24.1 Å². The molecule has 0 unspecified atom stereocenters. The number of H-pyrrole nitrogens is 1. The molecule has 0 aliphatic rings. The number of thioether (sulfide) groups is 1. The fourth-order valence-electron chi connectivity index (χ4n) is 1.97. The van der Waals surface area contributed by atoms with Crippen LogP contribution in [-0.2, 0) is 6.42 Å². The molecule has 0 saturated carbocycles. The second-order valence-electron chi connectivity index (χ2n) is 4.21. The zero-order chi connectivity index (χ0) is 14.5. The maximum absolute atomic E-state index is 12.3. The molecule has 20 heavy (non-hydrogen) atoms. The van der Waals surface area contributed by atoms with Crippen LogP contribution in [0.3, 0.4) is 0 Å². The van der Waals surface area contributed by atoms with Gasteiger partial charge >= 0.3 is 0 Å². The normalized spacial score (nSPS) is 11.0. The molecule has 1 heterocycles. The van der Waals surface area contributed by atoms with Gasteiger partial charge in [-0.25, -0.2) is 4.98 Å². The van der Waals surface area contributed by atoms with Crippen LogP contribution < -0.4 is 0 Å². The highest BCUT2D eigenvalue weighted by Crippen LogP contribution is 2.28. The highest BCUT2D eigenvalue weighted by molar-refractivity contribution is 7.99. The molecule has 0 fully saturated rings. The van der Waals surface area contributed by atoms with Crippen LogP contribution in [0.2, 0.25) is 0 Å². The first-order chi connectivity index (χ1) is 9.61. The van der Waals surface area contributed by atoms with Crippen molar-refractivity contribution in [3.8, 4) is 11.3 Å². The number of alkyl halides is 2. The maximum atomic E-state index is 12.3. The summed E-state index contributed by atoms with van der Waals surface area (Å²) >= 11 is 5.80. The Bertz CT molecular complexity index is 624. The van der Waals surface area contributed by atoms with Crippen molar-refractivity contribution in [1.82, 2.24) is 9.97 Å². The summed E-state index contributed by atoms with van der Waals surface area (Å²) < 4.78 is 25.2. The maximum Gasteiger partial charge on any atom is 0.288 e. The van der Waals surface area contributed by atoms with Crippen LogP contribution in [0.4, 0.5) is 8.78 Å². The SMILES string of the molecule is CCCc1c(-c2ccc(SC(F)F)cc2)[nH]cnc1=S. The molecule has 1 aromatic heterocycles. The Balaban J connectivity index is 2.36. The van der Waals surface area contributed by atoms with E-state index >= 15 is 0 Å². The number of hydrogen-bond donors (Lipinski definition) is 1. The molecule has 0 aliphatic heterocycles. The summed E-state index contributed by atoms with van der Waals surface area (Å²) in [6.07, 6.45) is 3.38. The predicted octanol–water partition coefficient (Wildman–Crippen LogP) is 5.07. The molecule has 2 nitrogen and oxygen atoms in total. The molecule has 0 saturated heterocycles. The van der Waals surface area contributed by atoms with E-state index in [2.05, 4.69) is 16.9 Å². The minimum atomic E-state index is -2.40. The van der Waals surface area contributed by atoms with Crippen molar-refractivity contribution in [2.24, 2.45) is 0 Å². The molecule has 1 N–H and O–H groups in total. The third-order valence-corrected chi connectivity index (χ3v) is 3.89. The van der Waals surface area contributed by atoms with E-state index in [4.69, 9.17) is 12.2 Å². The van der Waals surface area contributed by atoms with Gasteiger partial charge in [0.1, 0.15) is 4.64 Å². The highest BCUT2D eigenvalue weighted by atomic mass is 32.2. The van der Waals surface area contributed by atoms with Gasteiger partial charge in [-0.2, -0.15) is 8.78 Å². The summed E-state index contributed by atoms with van der Waals surface area (Å²) in [6, 6.07) is 7.04. The van der Waals surface area contributed by atoms with Gasteiger partial charge in [0, 0.05) is 10.5 Å². The van der Waals surface area contributed by atoms with Gasteiger partial charge in [0.2, 0.25) is 0 Å². The van der Waals surface area contributed by atoms with Gasteiger partial charge in [-0.1, -0.05) is 49.5 Å². The van der Waals surface area contributed by atoms with Gasteiger partial charge in [0.25, 0.3) is 5.76 Å². The molecule has 0 radical (unpaired) electrons. The largest absolute Gasteiger partial charge is 0.346 e. The van der Waals surface area contributed by atoms with E-state index in [0.29, 0.717) is 21.3 Å². The van der Waals surface area contributed by atoms with Gasteiger partial charge < -0.3 is 4.98 Å². The Hall–Kier alpha value is -1.27. The zero-order valence-corrected chi connectivity index (χ0v) is 12.5. The molecular formula is C14H14F2N2S2. The Kier molecular flexibility index (Phi) is 5.25. The van der Waals surface area contributed by atoms with Crippen LogP contribution in [-0.4, -0.2) is 15.7 Å². The monoisotopic (exact) mass is 312 g/mol. The number of nitrogens with zero attached hydrogens (tertiary/aromatic N) is 1. The van der Waals surface area contributed by atoms with Crippen LogP contribution in [0, 0.1) is 4.64 Å². The molecule has 0 amide bonds. The first kappa shape index (κ1) is 15.1. The Morgan fingerprint density at radius 1 is 1.30 bits per heavy atom. The Morgan fingerprint density at radius 3 is 2.60 bits per heavy atom. The molecule has 106 valence electrons. The number of hydrogen-bond acceptors (Lipinski definition) is 3. The lowest BCUT2D eigenvalue weighted by Gasteiger charge is -2.09. The lowest BCUT2D eigenvalue weighted by Crippen LogP contribution is -1.96. The number of nitrogens with one attached hydrogen (secondary N) is 1. The standard InChI is InChI=1S/C14H14F2N2S2/c1-2-3-11-12(17-8-18-13(11)19)9-4-6-10(7-5-9)20-14(15)16/h4-8,14H,2-3H2,1H3,(H,17,18,19). The second kappa shape index (κ2) is 6.95. The number of aromatic amines is 1. The number of rotatable bonds is 5. The number of aromatic nitrogens is 2. The molecule has 0 spiro atoms. The van der Waals surface area contributed by atoms with Crippen molar-refractivity contribution in [3.05, 3.63) is 40.8 Å². The average molecular weight is 312 g/mol. The third-order valence-electron chi connectivity index (χ3n) is 2.82. The summed E-state index contributed by atoms with van der Waals surface area (Å²) in [5.74, 6) is -2.40. The second-order valence-corrected chi connectivity index (χ2v) is 5.66. The van der Waals surface area contributed by atoms with Crippen molar-refractivity contribution < 1.29 is 8.78 Å². The van der Waals surface area contributed by atoms with Gasteiger partial charge in [0.15, 0.2) is 0 Å². The molecule has 6 heteroatoms. The molecule has 0 bridgehead atoms. The van der Waals surface area contributed by atoms with Crippen molar-refractivity contribution in [3.63, 3.8) is 0 Å². The van der Waals surface area contributed by atoms with Crippen molar-refractivity contribution >= 4 is 24.0 Å². The van der Waals surface area contributed by atoms with E-state index in [9.17, 15) is 8.78 Å². The van der Waals surface area contributed by atoms with E-state index in [1.165, 1.54) is 0 Å². The van der Waals surface area contributed by atoms with E-state index in [1.807, 2.05) is 12.1 Å². The van der Waals surface area contributed by atoms with Crippen molar-refractivity contribution in [2.45, 2.75) is 30.4 Å². The molecule has 0 aliphatic carbocycles. The van der Waals surface area contributed by atoms with E-state index in [-0.39, 0.29) is 0 Å². The molecule has 1 aromatic carbocycles. The molecule has 2 aromatic rings. The topological polar surface area (TPSA) is 28.7 Å². The lowest BCUT2D eigenvalue weighted by molar-refractivity contribution is 0.252. The highest BCUT2D eigenvalue weighted by Gasteiger charge is 2.09. The lowest BCUT2D eigenvalue weighted by atomic mass is 10.0. The summed E-state index contributed by atoms with van der Waals surface area (Å²) in [6.45, 7) is 2.08. The fraction of sp³-hybridized carbons (Fsp3) is 0.286. The summed E-state index contributed by atoms with van der Waals surface area (Å²) in [7, 11) is 0. The molecular weight excluding hydrogens is 298 g/mol. The first-order valence-corrected chi connectivity index (χ1v) is 7.52. The van der Waals surface area contributed by atoms with E-state index in [1.54, 1.807) is 18.5 Å². The fourth-order valence-corrected chi connectivity index (χ4v) is 2.73. The van der Waals surface area contributed by atoms with Crippen molar-refractivity contribution in [2.75, 3.05) is 0 Å². The van der Waals surface area contributed by atoms with Gasteiger partial charge in [-0.15, -0.1) is 0 Å². The molecule has 2 rings (SSSR count). The number of halogens is 2. The summed E-state index contributed by atoms with van der Waals surface area (Å²) in [5.41, 5.74) is 2.85. The third kappa shape index (κ3) is 3.64. The molecule has 0 atom stereocenters. The van der Waals surface area contributed by atoms with Crippen LogP contribution in [0.5, 0.6) is 0 Å². The minimum absolute atomic E-state index is 0.543. The average Bonchev–Trinajstić information content (AvgIpc) is 2.42. The van der Waals surface area contributed by atoms with Crippen molar-refractivity contribution in [1.29, 1.82) is 0 Å². The van der Waals surface area contributed by atoms with Crippen LogP contribution in [0.1, 0.15) is 18.9 Å². The number of benzene rings is 1. The Morgan fingerprint density at radius 2 is 2.00 bits per heavy atom. The van der Waals surface area contributed by atoms with E-state index in [0.717, 1.165) is 29.7 Å². The van der Waals surface area contributed by atoms with Crippen LogP contribution in [0.25, 0.3) is 11.3 Å². The minimum Gasteiger partial charge on any atom is -0.346 e. The Labute approximate surface area is 125 Å².